The quantitative estimate of drug-likeness (QED) is 0.729. The van der Waals surface area contributed by atoms with Crippen LogP contribution in [0.2, 0.25) is 0 Å². The van der Waals surface area contributed by atoms with Crippen molar-refractivity contribution < 1.29 is 4.74 Å². The van der Waals surface area contributed by atoms with Crippen LogP contribution in [0.5, 0.6) is 6.01 Å². The number of aromatic nitrogens is 5. The van der Waals surface area contributed by atoms with Gasteiger partial charge in [-0.05, 0) is 25.0 Å². The fourth-order valence-electron chi connectivity index (χ4n) is 2.34. The van der Waals surface area contributed by atoms with E-state index in [0.717, 1.165) is 18.4 Å². The number of pyridine rings is 1. The highest BCUT2D eigenvalue weighted by molar-refractivity contribution is 5.76. The smallest absolute Gasteiger partial charge is 0.316 e. The molecule has 0 bridgehead atoms. The van der Waals surface area contributed by atoms with Crippen LogP contribution in [-0.4, -0.2) is 31.6 Å². The highest BCUT2D eigenvalue weighted by atomic mass is 16.5. The molecule has 0 saturated heterocycles. The van der Waals surface area contributed by atoms with Crippen molar-refractivity contribution in [1.29, 1.82) is 0 Å². The van der Waals surface area contributed by atoms with E-state index in [-0.39, 0.29) is 11.6 Å². The molecule has 1 saturated carbocycles. The number of rotatable bonds is 3. The summed E-state index contributed by atoms with van der Waals surface area (Å²) in [4.78, 5) is 29.4. The number of fused-ring (bicyclic) bond motifs is 1. The third-order valence-electron chi connectivity index (χ3n) is 3.68. The van der Waals surface area contributed by atoms with Gasteiger partial charge in [-0.3, -0.25) is 9.36 Å². The maximum absolute atomic E-state index is 12.5. The second-order valence-corrected chi connectivity index (χ2v) is 5.21. The first-order chi connectivity index (χ1) is 10.8. The Labute approximate surface area is 125 Å². The summed E-state index contributed by atoms with van der Waals surface area (Å²) in [5, 5.41) is 0. The first-order valence-corrected chi connectivity index (χ1v) is 7.00. The Morgan fingerprint density at radius 1 is 1.18 bits per heavy atom. The number of hydrogen-bond acceptors (Lipinski definition) is 6. The predicted octanol–water partition coefficient (Wildman–Crippen LogP) is 1.59. The van der Waals surface area contributed by atoms with Gasteiger partial charge in [-0.1, -0.05) is 0 Å². The Morgan fingerprint density at radius 3 is 2.64 bits per heavy atom. The molecule has 110 valence electrons. The lowest BCUT2D eigenvalue weighted by Crippen LogP contribution is -2.20. The minimum absolute atomic E-state index is 0.0937. The molecule has 22 heavy (non-hydrogen) atoms. The monoisotopic (exact) mass is 295 g/mol. The van der Waals surface area contributed by atoms with Crippen molar-refractivity contribution in [3.8, 4) is 17.3 Å². The van der Waals surface area contributed by atoms with Crippen LogP contribution in [0.15, 0.2) is 35.6 Å². The van der Waals surface area contributed by atoms with E-state index >= 15 is 0 Å². The Hall–Kier alpha value is -2.83. The van der Waals surface area contributed by atoms with E-state index in [1.54, 1.807) is 35.4 Å². The summed E-state index contributed by atoms with van der Waals surface area (Å²) in [7, 11) is 1.51. The zero-order valence-corrected chi connectivity index (χ0v) is 11.9. The summed E-state index contributed by atoms with van der Waals surface area (Å²) >= 11 is 0. The molecule has 1 aliphatic rings. The minimum Gasteiger partial charge on any atom is -0.467 e. The molecule has 0 atom stereocenters. The lowest BCUT2D eigenvalue weighted by atomic mass is 10.2. The molecule has 1 fully saturated rings. The molecular weight excluding hydrogens is 282 g/mol. The van der Waals surface area contributed by atoms with Gasteiger partial charge in [-0.25, -0.2) is 19.9 Å². The lowest BCUT2D eigenvalue weighted by molar-refractivity contribution is 0.380. The fraction of sp³-hybridized carbons (Fsp3) is 0.267. The normalized spacial score (nSPS) is 14.2. The van der Waals surface area contributed by atoms with E-state index in [2.05, 4.69) is 19.9 Å². The van der Waals surface area contributed by atoms with E-state index in [1.807, 2.05) is 0 Å². The summed E-state index contributed by atoms with van der Waals surface area (Å²) in [5.41, 5.74) is 2.25. The van der Waals surface area contributed by atoms with Crippen molar-refractivity contribution in [2.24, 2.45) is 0 Å². The third-order valence-corrected chi connectivity index (χ3v) is 3.68. The SMILES string of the molecule is COc1ncc(-c2ccc3ncn(C4CC4)c(=O)c3n2)cn1. The first-order valence-electron chi connectivity index (χ1n) is 7.00. The molecule has 0 radical (unpaired) electrons. The zero-order chi connectivity index (χ0) is 15.1. The van der Waals surface area contributed by atoms with Crippen molar-refractivity contribution in [3.05, 3.63) is 41.2 Å². The third kappa shape index (κ3) is 2.11. The fourth-order valence-corrected chi connectivity index (χ4v) is 2.34. The molecule has 0 aromatic carbocycles. The van der Waals surface area contributed by atoms with Gasteiger partial charge < -0.3 is 4.74 Å². The molecule has 0 amide bonds. The van der Waals surface area contributed by atoms with Crippen LogP contribution in [0.25, 0.3) is 22.3 Å². The van der Waals surface area contributed by atoms with Crippen molar-refractivity contribution in [2.45, 2.75) is 18.9 Å². The zero-order valence-electron chi connectivity index (χ0n) is 11.9. The van der Waals surface area contributed by atoms with E-state index in [9.17, 15) is 4.79 Å². The van der Waals surface area contributed by atoms with Gasteiger partial charge in [0.05, 0.1) is 24.6 Å². The van der Waals surface area contributed by atoms with Crippen molar-refractivity contribution in [1.82, 2.24) is 24.5 Å². The van der Waals surface area contributed by atoms with E-state index in [0.29, 0.717) is 22.7 Å². The van der Waals surface area contributed by atoms with Gasteiger partial charge >= 0.3 is 6.01 Å². The van der Waals surface area contributed by atoms with E-state index in [4.69, 9.17) is 4.74 Å². The Bertz CT molecular complexity index is 900. The minimum atomic E-state index is -0.0937. The first kappa shape index (κ1) is 12.9. The van der Waals surface area contributed by atoms with Gasteiger partial charge in [0, 0.05) is 24.0 Å². The van der Waals surface area contributed by atoms with Crippen LogP contribution in [0, 0.1) is 0 Å². The topological polar surface area (TPSA) is 82.8 Å². The summed E-state index contributed by atoms with van der Waals surface area (Å²) in [6.45, 7) is 0. The maximum Gasteiger partial charge on any atom is 0.316 e. The van der Waals surface area contributed by atoms with Crippen molar-refractivity contribution >= 4 is 11.0 Å². The molecule has 3 heterocycles. The molecule has 7 nitrogen and oxygen atoms in total. The number of hydrogen-bond donors (Lipinski definition) is 0. The standard InChI is InChI=1S/C15H13N5O2/c1-22-15-16-6-9(7-17-15)11-4-5-12-13(19-11)14(21)20(8-18-12)10-2-3-10/h4-8,10H,2-3H2,1H3. The largest absolute Gasteiger partial charge is 0.467 e. The van der Waals surface area contributed by atoms with Gasteiger partial charge in [0.1, 0.15) is 0 Å². The Morgan fingerprint density at radius 2 is 1.95 bits per heavy atom. The van der Waals surface area contributed by atoms with Gasteiger partial charge in [-0.2, -0.15) is 0 Å². The average molecular weight is 295 g/mol. The number of nitrogens with zero attached hydrogens (tertiary/aromatic N) is 5. The van der Waals surface area contributed by atoms with Crippen LogP contribution in [0.1, 0.15) is 18.9 Å². The van der Waals surface area contributed by atoms with E-state index in [1.165, 1.54) is 7.11 Å². The molecule has 0 N–H and O–H groups in total. The number of ether oxygens (including phenoxy) is 1. The summed E-state index contributed by atoms with van der Waals surface area (Å²) in [6, 6.07) is 4.17. The van der Waals surface area contributed by atoms with Gasteiger partial charge in [0.25, 0.3) is 5.56 Å². The van der Waals surface area contributed by atoms with Gasteiger partial charge in [0.15, 0.2) is 5.52 Å². The van der Waals surface area contributed by atoms with Crippen molar-refractivity contribution in [3.63, 3.8) is 0 Å². The van der Waals surface area contributed by atoms with Crippen LogP contribution < -0.4 is 10.3 Å². The molecule has 3 aromatic rings. The molecule has 0 spiro atoms. The molecule has 0 aliphatic heterocycles. The summed E-state index contributed by atoms with van der Waals surface area (Å²) in [6.07, 6.45) is 6.91. The predicted molar refractivity (Wildman–Crippen MR) is 79.6 cm³/mol. The second kappa shape index (κ2) is 4.87. The summed E-state index contributed by atoms with van der Waals surface area (Å²) < 4.78 is 6.61. The van der Waals surface area contributed by atoms with Crippen LogP contribution in [-0.2, 0) is 0 Å². The van der Waals surface area contributed by atoms with Gasteiger partial charge in [-0.15, -0.1) is 0 Å². The maximum atomic E-state index is 12.5. The average Bonchev–Trinajstić information content (AvgIpc) is 3.40. The summed E-state index contributed by atoms with van der Waals surface area (Å²) in [5.74, 6) is 0. The molecule has 7 heteroatoms. The Kier molecular flexibility index (Phi) is 2.85. The highest BCUT2D eigenvalue weighted by Gasteiger charge is 2.25. The van der Waals surface area contributed by atoms with E-state index < -0.39 is 0 Å². The molecule has 4 rings (SSSR count). The van der Waals surface area contributed by atoms with Gasteiger partial charge in [0.2, 0.25) is 0 Å². The molecule has 3 aromatic heterocycles. The molecule has 0 unspecified atom stereocenters. The molecular formula is C15H13N5O2. The van der Waals surface area contributed by atoms with Crippen LogP contribution in [0.4, 0.5) is 0 Å². The van der Waals surface area contributed by atoms with Crippen molar-refractivity contribution in [2.75, 3.05) is 7.11 Å². The number of methoxy groups -OCH3 is 1. The Balaban J connectivity index is 1.84. The highest BCUT2D eigenvalue weighted by Crippen LogP contribution is 2.33. The molecule has 1 aliphatic carbocycles. The lowest BCUT2D eigenvalue weighted by Gasteiger charge is -2.06. The second-order valence-electron chi connectivity index (χ2n) is 5.21. The van der Waals surface area contributed by atoms with Crippen LogP contribution in [0.3, 0.4) is 0 Å². The van der Waals surface area contributed by atoms with Crippen LogP contribution >= 0.6 is 0 Å².